The molecule has 0 aliphatic rings. The summed E-state index contributed by atoms with van der Waals surface area (Å²) in [6.45, 7) is 5.28. The van der Waals surface area contributed by atoms with Gasteiger partial charge in [0.15, 0.2) is 0 Å². The molecule has 2 aromatic carbocycles. The van der Waals surface area contributed by atoms with E-state index in [0.717, 1.165) is 27.7 Å². The second-order valence-corrected chi connectivity index (χ2v) is 6.73. The predicted molar refractivity (Wildman–Crippen MR) is 105 cm³/mol. The van der Waals surface area contributed by atoms with Crippen molar-refractivity contribution in [3.63, 3.8) is 0 Å². The van der Waals surface area contributed by atoms with Crippen molar-refractivity contribution in [2.75, 3.05) is 0 Å². The molecular weight excluding hydrogens is 338 g/mol. The summed E-state index contributed by atoms with van der Waals surface area (Å²) in [5.74, 6) is -0.0677. The summed E-state index contributed by atoms with van der Waals surface area (Å²) >= 11 is 0. The van der Waals surface area contributed by atoms with Crippen molar-refractivity contribution in [2.45, 2.75) is 26.9 Å². The zero-order chi connectivity index (χ0) is 18.8. The molecule has 0 saturated heterocycles. The molecule has 0 fully saturated rings. The average molecular weight is 359 g/mol. The minimum absolute atomic E-state index is 0.0677. The van der Waals surface area contributed by atoms with Gasteiger partial charge in [-0.05, 0) is 48.7 Å². The van der Waals surface area contributed by atoms with E-state index in [1.807, 2.05) is 49.4 Å². The van der Waals surface area contributed by atoms with E-state index in [0.29, 0.717) is 18.7 Å². The van der Waals surface area contributed by atoms with Gasteiger partial charge in [0.2, 0.25) is 0 Å². The SMILES string of the molecule is Cc1[nH]c2ccc(C(=O)NCc3ccc(Cn4cncn4)cc3)cc2c1C. The second kappa shape index (κ2) is 7.07. The number of rotatable bonds is 5. The Morgan fingerprint density at radius 1 is 1.11 bits per heavy atom. The molecule has 0 aliphatic carbocycles. The van der Waals surface area contributed by atoms with Crippen LogP contribution >= 0.6 is 0 Å². The molecule has 1 amide bonds. The number of amides is 1. The minimum Gasteiger partial charge on any atom is -0.358 e. The third-order valence-corrected chi connectivity index (χ3v) is 4.86. The zero-order valence-electron chi connectivity index (χ0n) is 15.4. The largest absolute Gasteiger partial charge is 0.358 e. The van der Waals surface area contributed by atoms with E-state index in [2.05, 4.69) is 27.3 Å². The van der Waals surface area contributed by atoms with E-state index in [1.165, 1.54) is 11.9 Å². The molecule has 0 atom stereocenters. The summed E-state index contributed by atoms with van der Waals surface area (Å²) < 4.78 is 1.78. The highest BCUT2D eigenvalue weighted by Gasteiger charge is 2.10. The molecule has 0 aliphatic heterocycles. The zero-order valence-corrected chi connectivity index (χ0v) is 15.4. The number of aryl methyl sites for hydroxylation is 2. The Kier molecular flexibility index (Phi) is 4.46. The lowest BCUT2D eigenvalue weighted by Gasteiger charge is -2.07. The molecule has 2 N–H and O–H groups in total. The van der Waals surface area contributed by atoms with Crippen molar-refractivity contribution < 1.29 is 4.79 Å². The van der Waals surface area contributed by atoms with Crippen LogP contribution in [0, 0.1) is 13.8 Å². The van der Waals surface area contributed by atoms with Crippen LogP contribution < -0.4 is 5.32 Å². The molecule has 6 nitrogen and oxygen atoms in total. The Morgan fingerprint density at radius 3 is 2.63 bits per heavy atom. The van der Waals surface area contributed by atoms with Gasteiger partial charge in [0.1, 0.15) is 12.7 Å². The van der Waals surface area contributed by atoms with Crippen molar-refractivity contribution in [1.29, 1.82) is 0 Å². The molecule has 2 aromatic heterocycles. The van der Waals surface area contributed by atoms with Gasteiger partial charge in [0.25, 0.3) is 5.91 Å². The van der Waals surface area contributed by atoms with Crippen LogP contribution in [-0.2, 0) is 13.1 Å². The van der Waals surface area contributed by atoms with E-state index in [9.17, 15) is 4.79 Å². The van der Waals surface area contributed by atoms with Gasteiger partial charge in [-0.3, -0.25) is 4.79 Å². The van der Waals surface area contributed by atoms with E-state index in [-0.39, 0.29) is 5.91 Å². The first-order valence-electron chi connectivity index (χ1n) is 8.87. The molecular formula is C21H21N5O. The highest BCUT2D eigenvalue weighted by atomic mass is 16.1. The number of aromatic amines is 1. The minimum atomic E-state index is -0.0677. The van der Waals surface area contributed by atoms with Crippen LogP contribution in [0.4, 0.5) is 0 Å². The summed E-state index contributed by atoms with van der Waals surface area (Å²) in [5, 5.41) is 8.19. The van der Waals surface area contributed by atoms with E-state index < -0.39 is 0 Å². The van der Waals surface area contributed by atoms with Crippen molar-refractivity contribution in [3.05, 3.63) is 83.1 Å². The number of benzene rings is 2. The summed E-state index contributed by atoms with van der Waals surface area (Å²) in [4.78, 5) is 19.8. The normalized spacial score (nSPS) is 11.0. The van der Waals surface area contributed by atoms with Gasteiger partial charge < -0.3 is 10.3 Å². The van der Waals surface area contributed by atoms with Crippen LogP contribution in [0.5, 0.6) is 0 Å². The fraction of sp³-hybridized carbons (Fsp3) is 0.190. The maximum absolute atomic E-state index is 12.5. The van der Waals surface area contributed by atoms with Gasteiger partial charge in [-0.25, -0.2) is 9.67 Å². The topological polar surface area (TPSA) is 75.6 Å². The monoisotopic (exact) mass is 359 g/mol. The number of carbonyl (C=O) groups is 1. The smallest absolute Gasteiger partial charge is 0.251 e. The lowest BCUT2D eigenvalue weighted by Crippen LogP contribution is -2.22. The standard InChI is InChI=1S/C21H21N5O/c1-14-15(2)25-20-8-7-18(9-19(14)20)21(27)23-10-16-3-5-17(6-4-16)11-26-13-22-12-24-26/h3-9,12-13,25H,10-11H2,1-2H3,(H,23,27). The molecule has 0 radical (unpaired) electrons. The first kappa shape index (κ1) is 17.0. The van der Waals surface area contributed by atoms with E-state index in [4.69, 9.17) is 0 Å². The van der Waals surface area contributed by atoms with Gasteiger partial charge in [0, 0.05) is 28.7 Å². The maximum atomic E-state index is 12.5. The predicted octanol–water partition coefficient (Wildman–Crippen LogP) is 3.35. The number of fused-ring (bicyclic) bond motifs is 1. The lowest BCUT2D eigenvalue weighted by atomic mass is 10.1. The summed E-state index contributed by atoms with van der Waals surface area (Å²) in [7, 11) is 0. The summed E-state index contributed by atoms with van der Waals surface area (Å²) in [5.41, 5.74) is 6.24. The first-order valence-corrected chi connectivity index (χ1v) is 8.87. The number of hydrogen-bond acceptors (Lipinski definition) is 3. The fourth-order valence-corrected chi connectivity index (χ4v) is 3.15. The first-order chi connectivity index (χ1) is 13.1. The Morgan fingerprint density at radius 2 is 1.89 bits per heavy atom. The fourth-order valence-electron chi connectivity index (χ4n) is 3.15. The number of H-pyrrole nitrogens is 1. The number of aromatic nitrogens is 4. The number of carbonyl (C=O) groups excluding carboxylic acids is 1. The number of hydrogen-bond donors (Lipinski definition) is 2. The van der Waals surface area contributed by atoms with Crippen LogP contribution in [0.1, 0.15) is 32.7 Å². The molecule has 0 unspecified atom stereocenters. The van der Waals surface area contributed by atoms with Crippen LogP contribution in [0.2, 0.25) is 0 Å². The van der Waals surface area contributed by atoms with Crippen molar-refractivity contribution in [2.24, 2.45) is 0 Å². The Hall–Kier alpha value is -3.41. The van der Waals surface area contributed by atoms with Crippen molar-refractivity contribution in [3.8, 4) is 0 Å². The maximum Gasteiger partial charge on any atom is 0.251 e. The van der Waals surface area contributed by atoms with Gasteiger partial charge in [0.05, 0.1) is 6.54 Å². The molecule has 27 heavy (non-hydrogen) atoms. The van der Waals surface area contributed by atoms with Gasteiger partial charge in [-0.1, -0.05) is 24.3 Å². The highest BCUT2D eigenvalue weighted by molar-refractivity contribution is 5.99. The molecule has 0 spiro atoms. The van der Waals surface area contributed by atoms with Gasteiger partial charge >= 0.3 is 0 Å². The van der Waals surface area contributed by atoms with Gasteiger partial charge in [-0.15, -0.1) is 0 Å². The number of nitrogens with one attached hydrogen (secondary N) is 2. The third-order valence-electron chi connectivity index (χ3n) is 4.86. The van der Waals surface area contributed by atoms with E-state index in [1.54, 1.807) is 11.0 Å². The van der Waals surface area contributed by atoms with E-state index >= 15 is 0 Å². The molecule has 136 valence electrons. The molecule has 0 bridgehead atoms. The molecule has 4 aromatic rings. The molecule has 0 saturated carbocycles. The Balaban J connectivity index is 1.40. The second-order valence-electron chi connectivity index (χ2n) is 6.73. The Bertz CT molecular complexity index is 1080. The number of nitrogens with zero attached hydrogens (tertiary/aromatic N) is 3. The third kappa shape index (κ3) is 3.60. The summed E-state index contributed by atoms with van der Waals surface area (Å²) in [6.07, 6.45) is 3.22. The van der Waals surface area contributed by atoms with Gasteiger partial charge in [-0.2, -0.15) is 5.10 Å². The van der Waals surface area contributed by atoms with Crippen LogP contribution in [-0.4, -0.2) is 25.7 Å². The Labute approximate surface area is 157 Å². The quantitative estimate of drug-likeness (QED) is 0.574. The molecule has 2 heterocycles. The average Bonchev–Trinajstić information content (AvgIpc) is 3.29. The highest BCUT2D eigenvalue weighted by Crippen LogP contribution is 2.22. The van der Waals surface area contributed by atoms with Crippen molar-refractivity contribution >= 4 is 16.8 Å². The van der Waals surface area contributed by atoms with Crippen LogP contribution in [0.15, 0.2) is 55.1 Å². The molecule has 6 heteroatoms. The lowest BCUT2D eigenvalue weighted by molar-refractivity contribution is 0.0951. The van der Waals surface area contributed by atoms with Crippen LogP contribution in [0.25, 0.3) is 10.9 Å². The summed E-state index contributed by atoms with van der Waals surface area (Å²) in [6, 6.07) is 13.9. The van der Waals surface area contributed by atoms with Crippen LogP contribution in [0.3, 0.4) is 0 Å². The van der Waals surface area contributed by atoms with Crippen molar-refractivity contribution in [1.82, 2.24) is 25.1 Å². The molecule has 4 rings (SSSR count).